The van der Waals surface area contributed by atoms with Gasteiger partial charge in [-0.3, -0.25) is 5.43 Å². The Hall–Kier alpha value is -3.27. The van der Waals surface area contributed by atoms with Crippen molar-refractivity contribution in [3.63, 3.8) is 0 Å². The number of rotatable bonds is 5. The van der Waals surface area contributed by atoms with Gasteiger partial charge in [0.1, 0.15) is 11.5 Å². The van der Waals surface area contributed by atoms with E-state index in [2.05, 4.69) is 10.5 Å². The molecule has 0 aliphatic carbocycles. The summed E-state index contributed by atoms with van der Waals surface area (Å²) in [6.45, 7) is 0. The summed E-state index contributed by atoms with van der Waals surface area (Å²) in [6.07, 6.45) is 1.61. The van der Waals surface area contributed by atoms with Crippen LogP contribution in [0.3, 0.4) is 0 Å². The molecule has 0 atom stereocenters. The minimum Gasteiger partial charge on any atom is -0.507 e. The van der Waals surface area contributed by atoms with E-state index >= 15 is 0 Å². The maximum atomic E-state index is 10.0. The van der Waals surface area contributed by atoms with Crippen molar-refractivity contribution >= 4 is 11.9 Å². The molecule has 120 valence electrons. The summed E-state index contributed by atoms with van der Waals surface area (Å²) >= 11 is 0. The molecule has 2 N–H and O–H groups in total. The van der Waals surface area contributed by atoms with E-state index < -0.39 is 0 Å². The number of phenols is 1. The first-order chi connectivity index (χ1) is 11.8. The average Bonchev–Trinajstić information content (AvgIpc) is 2.64. The lowest BCUT2D eigenvalue weighted by molar-refractivity contribution is 0.415. The van der Waals surface area contributed by atoms with Crippen LogP contribution in [0, 0.1) is 0 Å². The van der Waals surface area contributed by atoms with E-state index in [1.165, 1.54) is 0 Å². The molecule has 0 unspecified atom stereocenters. The van der Waals surface area contributed by atoms with E-state index in [4.69, 9.17) is 4.74 Å². The number of ether oxygens (including phenoxy) is 1. The Balaban J connectivity index is 1.80. The quantitative estimate of drug-likeness (QED) is 0.537. The highest BCUT2D eigenvalue weighted by Gasteiger charge is 2.03. The van der Waals surface area contributed by atoms with Gasteiger partial charge < -0.3 is 9.84 Å². The minimum absolute atomic E-state index is 0.186. The minimum atomic E-state index is 0.186. The zero-order chi connectivity index (χ0) is 16.8. The van der Waals surface area contributed by atoms with Gasteiger partial charge in [0, 0.05) is 5.56 Å². The number of nitrogens with one attached hydrogen (secondary N) is 1. The van der Waals surface area contributed by atoms with Crippen LogP contribution >= 0.6 is 0 Å². The van der Waals surface area contributed by atoms with Gasteiger partial charge in [-0.1, -0.05) is 36.4 Å². The van der Waals surface area contributed by atoms with Crippen molar-refractivity contribution in [1.82, 2.24) is 0 Å². The second-order valence-corrected chi connectivity index (χ2v) is 5.24. The van der Waals surface area contributed by atoms with Crippen LogP contribution in [0.4, 0.5) is 5.69 Å². The third-order valence-corrected chi connectivity index (χ3v) is 3.62. The van der Waals surface area contributed by atoms with Crippen molar-refractivity contribution in [2.24, 2.45) is 5.10 Å². The largest absolute Gasteiger partial charge is 0.507 e. The second kappa shape index (κ2) is 7.33. The van der Waals surface area contributed by atoms with Crippen molar-refractivity contribution < 1.29 is 9.84 Å². The number of hydrogen-bond donors (Lipinski definition) is 2. The first-order valence-electron chi connectivity index (χ1n) is 7.58. The molecule has 0 aliphatic rings. The molecule has 4 nitrogen and oxygen atoms in total. The van der Waals surface area contributed by atoms with Crippen LogP contribution in [0.2, 0.25) is 0 Å². The van der Waals surface area contributed by atoms with Gasteiger partial charge in [0.15, 0.2) is 0 Å². The van der Waals surface area contributed by atoms with Gasteiger partial charge >= 0.3 is 0 Å². The number of benzene rings is 3. The molecule has 24 heavy (non-hydrogen) atoms. The van der Waals surface area contributed by atoms with Crippen LogP contribution in [0.1, 0.15) is 5.56 Å². The Morgan fingerprint density at radius 2 is 1.62 bits per heavy atom. The van der Waals surface area contributed by atoms with Crippen molar-refractivity contribution in [1.29, 1.82) is 0 Å². The molecule has 0 bridgehead atoms. The number of methoxy groups -OCH3 is 1. The number of para-hydroxylation sites is 1. The number of nitrogens with zero attached hydrogens (tertiary/aromatic N) is 1. The van der Waals surface area contributed by atoms with Crippen LogP contribution < -0.4 is 10.2 Å². The van der Waals surface area contributed by atoms with Crippen LogP contribution in [-0.2, 0) is 0 Å². The zero-order valence-corrected chi connectivity index (χ0v) is 13.3. The summed E-state index contributed by atoms with van der Waals surface area (Å²) in [5.74, 6) is 0.997. The van der Waals surface area contributed by atoms with Gasteiger partial charge in [0.2, 0.25) is 0 Å². The predicted octanol–water partition coefficient (Wildman–Crippen LogP) is 4.51. The van der Waals surface area contributed by atoms with E-state index in [1.807, 2.05) is 66.7 Å². The Morgan fingerprint density at radius 3 is 2.33 bits per heavy atom. The number of hydrogen-bond acceptors (Lipinski definition) is 4. The van der Waals surface area contributed by atoms with Crippen molar-refractivity contribution in [3.05, 3.63) is 78.4 Å². The van der Waals surface area contributed by atoms with Gasteiger partial charge in [0.25, 0.3) is 0 Å². The Kier molecular flexibility index (Phi) is 4.77. The molecule has 0 saturated carbocycles. The van der Waals surface area contributed by atoms with Gasteiger partial charge in [-0.2, -0.15) is 5.10 Å². The number of hydrazone groups is 1. The van der Waals surface area contributed by atoms with Crippen molar-refractivity contribution in [3.8, 4) is 22.6 Å². The third-order valence-electron chi connectivity index (χ3n) is 3.62. The van der Waals surface area contributed by atoms with E-state index in [0.717, 1.165) is 22.6 Å². The molecule has 3 aromatic rings. The summed E-state index contributed by atoms with van der Waals surface area (Å²) in [7, 11) is 1.64. The highest BCUT2D eigenvalue weighted by Crippen LogP contribution is 2.26. The Bertz CT molecular complexity index is 828. The first-order valence-corrected chi connectivity index (χ1v) is 7.58. The fraction of sp³-hybridized carbons (Fsp3) is 0.0500. The summed E-state index contributed by atoms with van der Waals surface area (Å²) in [5, 5.41) is 14.2. The lowest BCUT2D eigenvalue weighted by Crippen LogP contribution is -1.91. The molecule has 0 amide bonds. The fourth-order valence-electron chi connectivity index (χ4n) is 2.31. The van der Waals surface area contributed by atoms with Crippen LogP contribution in [0.25, 0.3) is 11.1 Å². The van der Waals surface area contributed by atoms with Crippen LogP contribution in [0.15, 0.2) is 77.9 Å². The predicted molar refractivity (Wildman–Crippen MR) is 97.8 cm³/mol. The maximum absolute atomic E-state index is 10.0. The number of anilines is 1. The maximum Gasteiger partial charge on any atom is 0.124 e. The molecule has 0 aromatic heterocycles. The summed E-state index contributed by atoms with van der Waals surface area (Å²) in [4.78, 5) is 0. The fourth-order valence-corrected chi connectivity index (χ4v) is 2.31. The van der Waals surface area contributed by atoms with Crippen molar-refractivity contribution in [2.75, 3.05) is 12.5 Å². The van der Waals surface area contributed by atoms with Gasteiger partial charge in [0.05, 0.1) is 19.0 Å². The molecule has 0 aliphatic heterocycles. The first kappa shape index (κ1) is 15.6. The Morgan fingerprint density at radius 1 is 0.917 bits per heavy atom. The Labute approximate surface area is 141 Å². The van der Waals surface area contributed by atoms with Gasteiger partial charge in [-0.05, 0) is 47.5 Å². The molecule has 0 heterocycles. The highest BCUT2D eigenvalue weighted by atomic mass is 16.5. The van der Waals surface area contributed by atoms with E-state index in [-0.39, 0.29) is 5.75 Å². The molecule has 0 fully saturated rings. The standard InChI is InChI=1S/C20H18N2O2/c1-24-19-10-7-15(8-11-19)16-9-12-20(23)17(13-16)14-21-22-18-5-3-2-4-6-18/h2-14,22-23H,1H3. The molecule has 0 radical (unpaired) electrons. The van der Waals surface area contributed by atoms with E-state index in [9.17, 15) is 5.11 Å². The van der Waals surface area contributed by atoms with Crippen LogP contribution in [0.5, 0.6) is 11.5 Å². The molecular weight excluding hydrogens is 300 g/mol. The average molecular weight is 318 g/mol. The smallest absolute Gasteiger partial charge is 0.124 e. The number of aromatic hydroxyl groups is 1. The normalized spacial score (nSPS) is 10.7. The van der Waals surface area contributed by atoms with E-state index in [0.29, 0.717) is 5.56 Å². The third kappa shape index (κ3) is 3.73. The highest BCUT2D eigenvalue weighted by molar-refractivity contribution is 5.86. The molecule has 3 aromatic carbocycles. The van der Waals surface area contributed by atoms with Crippen molar-refractivity contribution in [2.45, 2.75) is 0 Å². The summed E-state index contributed by atoms with van der Waals surface area (Å²) < 4.78 is 5.17. The van der Waals surface area contributed by atoms with Gasteiger partial charge in [-0.25, -0.2) is 0 Å². The topological polar surface area (TPSA) is 53.9 Å². The lowest BCUT2D eigenvalue weighted by Gasteiger charge is -2.06. The molecule has 4 heteroatoms. The monoisotopic (exact) mass is 318 g/mol. The SMILES string of the molecule is COc1ccc(-c2ccc(O)c(C=NNc3ccccc3)c2)cc1. The molecule has 0 saturated heterocycles. The number of phenolic OH excluding ortho intramolecular Hbond substituents is 1. The molecular formula is C20H18N2O2. The zero-order valence-electron chi connectivity index (χ0n) is 13.3. The van der Waals surface area contributed by atoms with Gasteiger partial charge in [-0.15, -0.1) is 0 Å². The molecule has 0 spiro atoms. The lowest BCUT2D eigenvalue weighted by atomic mass is 10.0. The second-order valence-electron chi connectivity index (χ2n) is 5.24. The van der Waals surface area contributed by atoms with E-state index in [1.54, 1.807) is 19.4 Å². The van der Waals surface area contributed by atoms with Crippen LogP contribution in [-0.4, -0.2) is 18.4 Å². The molecule has 3 rings (SSSR count). The summed E-state index contributed by atoms with van der Waals surface area (Å²) in [6, 6.07) is 22.9. The summed E-state index contributed by atoms with van der Waals surface area (Å²) in [5.41, 5.74) is 6.51.